The first kappa shape index (κ1) is 23.8. The third-order valence-electron chi connectivity index (χ3n) is 7.39. The van der Waals surface area contributed by atoms with Crippen LogP contribution in [0.25, 0.3) is 0 Å². The number of rotatable bonds is 9. The minimum absolute atomic E-state index is 0.0167. The molecule has 2 aromatic carbocycles. The smallest absolute Gasteiger partial charge is 0.251 e. The summed E-state index contributed by atoms with van der Waals surface area (Å²) in [5.74, 6) is 2.01. The first-order valence-electron chi connectivity index (χ1n) is 11.9. The van der Waals surface area contributed by atoms with Crippen LogP contribution in [0.15, 0.2) is 53.4 Å². The Morgan fingerprint density at radius 2 is 1.91 bits per heavy atom. The Labute approximate surface area is 197 Å². The van der Waals surface area contributed by atoms with Crippen LogP contribution >= 0.6 is 0 Å². The van der Waals surface area contributed by atoms with Gasteiger partial charge in [0.1, 0.15) is 10.6 Å². The Morgan fingerprint density at radius 1 is 1.15 bits per heavy atom. The summed E-state index contributed by atoms with van der Waals surface area (Å²) in [6.07, 6.45) is 5.04. The van der Waals surface area contributed by atoms with E-state index < -0.39 is 10.0 Å². The molecule has 2 aliphatic carbocycles. The van der Waals surface area contributed by atoms with Gasteiger partial charge in [0.05, 0.1) is 7.11 Å². The number of carbonyl (C=O) groups is 1. The zero-order valence-corrected chi connectivity index (χ0v) is 20.5. The van der Waals surface area contributed by atoms with Crippen molar-refractivity contribution in [3.63, 3.8) is 0 Å². The molecule has 0 saturated heterocycles. The van der Waals surface area contributed by atoms with Crippen LogP contribution in [0.2, 0.25) is 0 Å². The summed E-state index contributed by atoms with van der Waals surface area (Å²) in [4.78, 5) is 13.1. The molecule has 2 bridgehead atoms. The molecule has 4 atom stereocenters. The molecule has 0 aliphatic heterocycles. The van der Waals surface area contributed by atoms with Crippen molar-refractivity contribution in [1.82, 2.24) is 9.62 Å². The van der Waals surface area contributed by atoms with E-state index in [2.05, 4.69) is 12.2 Å². The molecule has 6 nitrogen and oxygen atoms in total. The third-order valence-corrected chi connectivity index (χ3v) is 9.33. The van der Waals surface area contributed by atoms with Gasteiger partial charge in [-0.2, -0.15) is 4.31 Å². The fourth-order valence-corrected chi connectivity index (χ4v) is 7.23. The summed E-state index contributed by atoms with van der Waals surface area (Å²) >= 11 is 0. The van der Waals surface area contributed by atoms with Crippen LogP contribution in [-0.4, -0.2) is 38.3 Å². The van der Waals surface area contributed by atoms with E-state index in [0.29, 0.717) is 23.9 Å². The molecule has 0 spiro atoms. The molecule has 178 valence electrons. The maximum Gasteiger partial charge on any atom is 0.251 e. The Bertz CT molecular complexity index is 1090. The summed E-state index contributed by atoms with van der Waals surface area (Å²) < 4.78 is 33.9. The second kappa shape index (κ2) is 9.85. The van der Waals surface area contributed by atoms with Crippen molar-refractivity contribution < 1.29 is 17.9 Å². The van der Waals surface area contributed by atoms with Gasteiger partial charge in [-0.15, -0.1) is 0 Å². The zero-order valence-electron chi connectivity index (χ0n) is 19.7. The fraction of sp³-hybridized carbons (Fsp3) is 0.500. The summed E-state index contributed by atoms with van der Waals surface area (Å²) in [5.41, 5.74) is 1.23. The van der Waals surface area contributed by atoms with Gasteiger partial charge in [0.25, 0.3) is 5.91 Å². The van der Waals surface area contributed by atoms with E-state index in [1.165, 1.54) is 43.2 Å². The lowest BCUT2D eigenvalue weighted by molar-refractivity contribution is 0.0915. The number of nitrogens with one attached hydrogen (secondary N) is 1. The summed E-state index contributed by atoms with van der Waals surface area (Å²) in [5, 5.41) is 3.13. The molecule has 0 radical (unpaired) electrons. The number of fused-ring (bicyclic) bond motifs is 2. The van der Waals surface area contributed by atoms with Gasteiger partial charge in [0.15, 0.2) is 0 Å². The van der Waals surface area contributed by atoms with Crippen molar-refractivity contribution in [2.75, 3.05) is 13.7 Å². The lowest BCUT2D eigenvalue weighted by Crippen LogP contribution is -2.40. The monoisotopic (exact) mass is 470 g/mol. The molecule has 4 rings (SSSR count). The summed E-state index contributed by atoms with van der Waals surface area (Å²) in [6.45, 7) is 4.43. The fourth-order valence-electron chi connectivity index (χ4n) is 5.62. The topological polar surface area (TPSA) is 75.7 Å². The molecule has 2 saturated carbocycles. The number of carbonyl (C=O) groups excluding carboxylic acids is 1. The number of hydrogen-bond acceptors (Lipinski definition) is 4. The molecule has 1 N–H and O–H groups in total. The van der Waals surface area contributed by atoms with Crippen LogP contribution in [0.1, 0.15) is 55.5 Å². The van der Waals surface area contributed by atoms with Crippen molar-refractivity contribution in [1.29, 1.82) is 0 Å². The highest BCUT2D eigenvalue weighted by Crippen LogP contribution is 2.49. The van der Waals surface area contributed by atoms with Crippen LogP contribution in [0.3, 0.4) is 0 Å². The molecule has 0 unspecified atom stereocenters. The number of ether oxygens (including phenoxy) is 1. The molecule has 33 heavy (non-hydrogen) atoms. The second-order valence-corrected chi connectivity index (χ2v) is 11.3. The predicted molar refractivity (Wildman–Crippen MR) is 129 cm³/mol. The molecule has 2 fully saturated rings. The van der Waals surface area contributed by atoms with E-state index >= 15 is 0 Å². The van der Waals surface area contributed by atoms with Gasteiger partial charge in [-0.1, -0.05) is 43.7 Å². The van der Waals surface area contributed by atoms with E-state index in [0.717, 1.165) is 11.5 Å². The molecule has 0 aromatic heterocycles. The van der Waals surface area contributed by atoms with Gasteiger partial charge in [-0.25, -0.2) is 8.42 Å². The molecule has 1 amide bonds. The number of sulfonamides is 1. The van der Waals surface area contributed by atoms with Crippen molar-refractivity contribution in [2.45, 2.75) is 57.0 Å². The maximum atomic E-state index is 13.6. The van der Waals surface area contributed by atoms with E-state index in [-0.39, 0.29) is 29.1 Å². The molecular weight excluding hydrogens is 436 g/mol. The highest BCUT2D eigenvalue weighted by Gasteiger charge is 2.42. The lowest BCUT2D eigenvalue weighted by atomic mass is 9.84. The summed E-state index contributed by atoms with van der Waals surface area (Å²) in [7, 11) is -2.43. The number of amides is 1. The Hall–Kier alpha value is -2.38. The van der Waals surface area contributed by atoms with Crippen molar-refractivity contribution >= 4 is 15.9 Å². The Balaban J connectivity index is 1.55. The standard InChI is InChI=1S/C26H34N2O4S/c1-4-28(17-19-8-6-5-7-9-19)33(30,31)25-16-22(12-13-24(25)32-3)26(29)27-18(2)23-15-20-10-11-21(23)14-20/h5-9,12-13,16,18,20-21,23H,4,10-11,14-15,17H2,1-3H3,(H,27,29)/t18-,20-,21-,23-/m0/s1. The van der Waals surface area contributed by atoms with E-state index in [1.807, 2.05) is 30.3 Å². The molecule has 7 heteroatoms. The van der Waals surface area contributed by atoms with Gasteiger partial charge < -0.3 is 10.1 Å². The predicted octanol–water partition coefficient (Wildman–Crippen LogP) is 4.46. The number of methoxy groups -OCH3 is 1. The van der Waals surface area contributed by atoms with E-state index in [9.17, 15) is 13.2 Å². The van der Waals surface area contributed by atoms with Crippen molar-refractivity contribution in [2.24, 2.45) is 17.8 Å². The van der Waals surface area contributed by atoms with Gasteiger partial charge >= 0.3 is 0 Å². The minimum atomic E-state index is -3.87. The number of nitrogens with zero attached hydrogens (tertiary/aromatic N) is 1. The van der Waals surface area contributed by atoms with Gasteiger partial charge in [-0.05, 0) is 67.7 Å². The Morgan fingerprint density at radius 3 is 2.52 bits per heavy atom. The van der Waals surface area contributed by atoms with Crippen LogP contribution in [0.5, 0.6) is 5.75 Å². The zero-order chi connectivity index (χ0) is 23.6. The molecule has 2 aliphatic rings. The quantitative estimate of drug-likeness (QED) is 0.587. The van der Waals surface area contributed by atoms with Gasteiger partial charge in [0, 0.05) is 24.7 Å². The SMILES string of the molecule is CCN(Cc1ccccc1)S(=O)(=O)c1cc(C(=O)N[C@@H](C)[C@@H]2C[C@H]3CC[C@H]2C3)ccc1OC. The molecule has 0 heterocycles. The summed E-state index contributed by atoms with van der Waals surface area (Å²) in [6, 6.07) is 14.2. The van der Waals surface area contributed by atoms with Crippen molar-refractivity contribution in [3.8, 4) is 5.75 Å². The van der Waals surface area contributed by atoms with Gasteiger partial charge in [-0.3, -0.25) is 4.79 Å². The van der Waals surface area contributed by atoms with E-state index in [1.54, 1.807) is 19.1 Å². The first-order valence-corrected chi connectivity index (χ1v) is 13.3. The largest absolute Gasteiger partial charge is 0.495 e. The van der Waals surface area contributed by atoms with Crippen LogP contribution in [-0.2, 0) is 16.6 Å². The average molecular weight is 471 g/mol. The maximum absolute atomic E-state index is 13.6. The molecule has 2 aromatic rings. The van der Waals surface area contributed by atoms with E-state index in [4.69, 9.17) is 4.74 Å². The second-order valence-electron chi connectivity index (χ2n) is 9.38. The number of benzene rings is 2. The third kappa shape index (κ3) is 4.94. The first-order chi connectivity index (χ1) is 15.8. The average Bonchev–Trinajstić information content (AvgIpc) is 3.46. The molecular formula is C26H34N2O4S. The van der Waals surface area contributed by atoms with Crippen LogP contribution < -0.4 is 10.1 Å². The lowest BCUT2D eigenvalue weighted by Gasteiger charge is -2.28. The number of hydrogen-bond donors (Lipinski definition) is 1. The normalized spacial score (nSPS) is 23.0. The van der Waals surface area contributed by atoms with Crippen LogP contribution in [0, 0.1) is 17.8 Å². The highest BCUT2D eigenvalue weighted by molar-refractivity contribution is 7.89. The Kier molecular flexibility index (Phi) is 7.10. The van der Waals surface area contributed by atoms with Crippen molar-refractivity contribution in [3.05, 3.63) is 59.7 Å². The highest BCUT2D eigenvalue weighted by atomic mass is 32.2. The minimum Gasteiger partial charge on any atom is -0.495 e. The van der Waals surface area contributed by atoms with Crippen LogP contribution in [0.4, 0.5) is 0 Å². The van der Waals surface area contributed by atoms with Gasteiger partial charge in [0.2, 0.25) is 10.0 Å².